The Morgan fingerprint density at radius 3 is 2.61 bits per heavy atom. The first kappa shape index (κ1) is 13.6. The Hall–Kier alpha value is -0.840. The maximum absolute atomic E-state index is 10.1. The minimum Gasteiger partial charge on any atom is -0.325 e. The molecule has 0 aromatic rings. The van der Waals surface area contributed by atoms with Crippen molar-refractivity contribution in [2.24, 2.45) is 16.6 Å². The van der Waals surface area contributed by atoms with Crippen molar-refractivity contribution < 1.29 is 9.92 Å². The molecule has 2 saturated carbocycles. The third kappa shape index (κ3) is 2.94. The summed E-state index contributed by atoms with van der Waals surface area (Å²) in [5.41, 5.74) is 7.08. The Labute approximate surface area is 108 Å². The van der Waals surface area contributed by atoms with Crippen molar-refractivity contribution in [2.75, 3.05) is 6.61 Å². The largest absolute Gasteiger partial charge is 0.325 e. The summed E-state index contributed by atoms with van der Waals surface area (Å²) in [6.07, 6.45) is 7.44. The average molecular weight is 256 g/mol. The SMILES string of the molecule is CC1(CCCO[N+](=O)[O-])CC2(C)CCC(N)(C1)C2. The lowest BCUT2D eigenvalue weighted by atomic mass is 9.60. The molecular formula is C13H24N2O3. The molecule has 0 aromatic carbocycles. The molecule has 0 amide bonds. The molecule has 2 rings (SSSR count). The van der Waals surface area contributed by atoms with Crippen molar-refractivity contribution >= 4 is 0 Å². The van der Waals surface area contributed by atoms with Crippen molar-refractivity contribution in [3.05, 3.63) is 10.1 Å². The Morgan fingerprint density at radius 1 is 1.28 bits per heavy atom. The van der Waals surface area contributed by atoms with E-state index in [1.165, 1.54) is 12.8 Å². The molecule has 18 heavy (non-hydrogen) atoms. The van der Waals surface area contributed by atoms with Gasteiger partial charge in [0.2, 0.25) is 0 Å². The van der Waals surface area contributed by atoms with E-state index < -0.39 is 5.09 Å². The quantitative estimate of drug-likeness (QED) is 0.466. The van der Waals surface area contributed by atoms with Crippen molar-refractivity contribution in [3.8, 4) is 0 Å². The monoisotopic (exact) mass is 256 g/mol. The lowest BCUT2D eigenvalue weighted by Gasteiger charge is -2.47. The van der Waals surface area contributed by atoms with Gasteiger partial charge >= 0.3 is 0 Å². The number of nitrogens with zero attached hydrogens (tertiary/aromatic N) is 1. The Morgan fingerprint density at radius 2 is 2.00 bits per heavy atom. The van der Waals surface area contributed by atoms with Crippen molar-refractivity contribution in [1.82, 2.24) is 0 Å². The topological polar surface area (TPSA) is 78.4 Å². The van der Waals surface area contributed by atoms with Gasteiger partial charge in [-0.3, -0.25) is 0 Å². The summed E-state index contributed by atoms with van der Waals surface area (Å²) in [5, 5.41) is 9.40. The summed E-state index contributed by atoms with van der Waals surface area (Å²) in [7, 11) is 0. The van der Waals surface area contributed by atoms with E-state index in [1.54, 1.807) is 0 Å². The molecule has 2 N–H and O–H groups in total. The maximum atomic E-state index is 10.1. The second-order valence-corrected chi connectivity index (χ2v) is 7.17. The second kappa shape index (κ2) is 4.37. The van der Waals surface area contributed by atoms with Gasteiger partial charge in [-0.1, -0.05) is 13.8 Å². The zero-order valence-electron chi connectivity index (χ0n) is 11.4. The first-order valence-corrected chi connectivity index (χ1v) is 6.81. The third-order valence-electron chi connectivity index (χ3n) is 4.76. The molecule has 2 bridgehead atoms. The number of nitrogens with two attached hydrogens (primary N) is 1. The average Bonchev–Trinajstić information content (AvgIpc) is 2.43. The third-order valence-corrected chi connectivity index (χ3v) is 4.76. The van der Waals surface area contributed by atoms with Crippen LogP contribution in [0, 0.1) is 20.9 Å². The molecule has 0 aliphatic heterocycles. The number of rotatable bonds is 5. The maximum Gasteiger partial charge on any atom is 0.294 e. The van der Waals surface area contributed by atoms with Crippen molar-refractivity contribution in [3.63, 3.8) is 0 Å². The van der Waals surface area contributed by atoms with E-state index in [0.717, 1.165) is 32.1 Å². The van der Waals surface area contributed by atoms with Crippen LogP contribution in [-0.2, 0) is 4.84 Å². The summed E-state index contributed by atoms with van der Waals surface area (Å²) in [5.74, 6) is 0. The van der Waals surface area contributed by atoms with E-state index in [9.17, 15) is 10.1 Å². The molecule has 104 valence electrons. The number of hydrogen-bond acceptors (Lipinski definition) is 4. The highest BCUT2D eigenvalue weighted by Crippen LogP contribution is 2.59. The van der Waals surface area contributed by atoms with Crippen LogP contribution in [0.5, 0.6) is 0 Å². The zero-order valence-corrected chi connectivity index (χ0v) is 11.4. The van der Waals surface area contributed by atoms with Gasteiger partial charge in [-0.25, -0.2) is 0 Å². The van der Waals surface area contributed by atoms with Gasteiger partial charge in [0.15, 0.2) is 0 Å². The van der Waals surface area contributed by atoms with Gasteiger partial charge in [-0.05, 0) is 55.8 Å². The van der Waals surface area contributed by atoms with E-state index in [4.69, 9.17) is 5.73 Å². The first-order valence-electron chi connectivity index (χ1n) is 6.81. The molecule has 3 unspecified atom stereocenters. The Balaban J connectivity index is 1.89. The van der Waals surface area contributed by atoms with Crippen molar-refractivity contribution in [2.45, 2.75) is 64.3 Å². The highest BCUT2D eigenvalue weighted by Gasteiger charge is 2.53. The smallest absolute Gasteiger partial charge is 0.294 e. The molecule has 0 radical (unpaired) electrons. The molecular weight excluding hydrogens is 232 g/mol. The van der Waals surface area contributed by atoms with Gasteiger partial charge < -0.3 is 10.6 Å². The van der Waals surface area contributed by atoms with Crippen LogP contribution in [0.3, 0.4) is 0 Å². The van der Waals surface area contributed by atoms with Crippen LogP contribution >= 0.6 is 0 Å². The van der Waals surface area contributed by atoms with E-state index in [0.29, 0.717) is 5.41 Å². The molecule has 2 fully saturated rings. The lowest BCUT2D eigenvalue weighted by Crippen LogP contribution is -2.47. The fourth-order valence-corrected chi connectivity index (χ4v) is 4.64. The van der Waals surface area contributed by atoms with Crippen molar-refractivity contribution in [1.29, 1.82) is 0 Å². The fraction of sp³-hybridized carbons (Fsp3) is 1.00. The van der Waals surface area contributed by atoms with Crippen LogP contribution in [0.4, 0.5) is 0 Å². The van der Waals surface area contributed by atoms with Crippen LogP contribution < -0.4 is 5.73 Å². The molecule has 0 aromatic heterocycles. The molecule has 0 heterocycles. The zero-order chi connectivity index (χ0) is 13.4. The van der Waals surface area contributed by atoms with Gasteiger partial charge in [0.05, 0.1) is 6.61 Å². The lowest BCUT2D eigenvalue weighted by molar-refractivity contribution is -0.757. The molecule has 3 atom stereocenters. The fourth-order valence-electron chi connectivity index (χ4n) is 4.64. The molecule has 0 saturated heterocycles. The van der Waals surface area contributed by atoms with E-state index in [1.807, 2.05) is 0 Å². The van der Waals surface area contributed by atoms with Gasteiger partial charge in [0.25, 0.3) is 5.09 Å². The van der Waals surface area contributed by atoms with Crippen LogP contribution in [0.15, 0.2) is 0 Å². The molecule has 2 aliphatic rings. The molecule has 0 spiro atoms. The Kier molecular flexibility index (Phi) is 3.30. The van der Waals surface area contributed by atoms with Gasteiger partial charge in [0, 0.05) is 5.54 Å². The van der Waals surface area contributed by atoms with Gasteiger partial charge in [-0.15, -0.1) is 10.1 Å². The minimum atomic E-state index is -0.710. The second-order valence-electron chi connectivity index (χ2n) is 7.17. The summed E-state index contributed by atoms with van der Waals surface area (Å²) in [4.78, 5) is 14.5. The van der Waals surface area contributed by atoms with Crippen LogP contribution in [0.1, 0.15) is 58.8 Å². The predicted octanol–water partition coefficient (Wildman–Crippen LogP) is 2.66. The summed E-state index contributed by atoms with van der Waals surface area (Å²) in [6.45, 7) is 4.83. The number of fused-ring (bicyclic) bond motifs is 2. The van der Waals surface area contributed by atoms with Crippen LogP contribution in [0.2, 0.25) is 0 Å². The normalized spacial score (nSPS) is 42.8. The van der Waals surface area contributed by atoms with E-state index in [2.05, 4.69) is 18.7 Å². The summed E-state index contributed by atoms with van der Waals surface area (Å²) < 4.78 is 0. The Bertz CT molecular complexity index is 329. The molecule has 5 nitrogen and oxygen atoms in total. The predicted molar refractivity (Wildman–Crippen MR) is 68.4 cm³/mol. The van der Waals surface area contributed by atoms with Gasteiger partial charge in [0.1, 0.15) is 0 Å². The standard InChI is InChI=1S/C13H24N2O3/c1-11(4-3-7-18-15(16)17)8-12(2)5-6-13(14,9-11)10-12/h3-10,14H2,1-2H3. The van der Waals surface area contributed by atoms with E-state index in [-0.39, 0.29) is 17.6 Å². The summed E-state index contributed by atoms with van der Waals surface area (Å²) in [6, 6.07) is 0. The van der Waals surface area contributed by atoms with Crippen LogP contribution in [0.25, 0.3) is 0 Å². The van der Waals surface area contributed by atoms with Gasteiger partial charge in [-0.2, -0.15) is 0 Å². The summed E-state index contributed by atoms with van der Waals surface area (Å²) >= 11 is 0. The first-order chi connectivity index (χ1) is 8.24. The molecule has 2 aliphatic carbocycles. The van der Waals surface area contributed by atoms with E-state index >= 15 is 0 Å². The molecule has 5 heteroatoms. The minimum absolute atomic E-state index is 0.00567. The number of hydrogen-bond donors (Lipinski definition) is 1. The highest BCUT2D eigenvalue weighted by molar-refractivity contribution is 5.08. The van der Waals surface area contributed by atoms with Crippen LogP contribution in [-0.4, -0.2) is 17.2 Å². The highest BCUT2D eigenvalue weighted by atomic mass is 16.9.